The number of carboxylic acid groups (broad SMARTS) is 1. The van der Waals surface area contributed by atoms with Crippen LogP contribution >= 0.6 is 0 Å². The predicted octanol–water partition coefficient (Wildman–Crippen LogP) is 5.14. The van der Waals surface area contributed by atoms with E-state index in [1.165, 1.54) is 24.8 Å². The number of hydrogen-bond donors (Lipinski definition) is 1. The van der Waals surface area contributed by atoms with E-state index in [-0.39, 0.29) is 17.1 Å². The Balaban J connectivity index is 1.54. The van der Waals surface area contributed by atoms with E-state index < -0.39 is 23.6 Å². The van der Waals surface area contributed by atoms with Gasteiger partial charge < -0.3 is 9.84 Å². The van der Waals surface area contributed by atoms with Crippen molar-refractivity contribution in [3.05, 3.63) is 11.6 Å². The fourth-order valence-corrected chi connectivity index (χ4v) is 6.75. The van der Waals surface area contributed by atoms with Crippen LogP contribution in [0.3, 0.4) is 0 Å². The molecular formula is C24H38O5. The number of allylic oxidation sites excluding steroid dienone is 2. The van der Waals surface area contributed by atoms with Crippen LogP contribution in [0.1, 0.15) is 80.1 Å². The van der Waals surface area contributed by atoms with E-state index in [0.29, 0.717) is 24.2 Å². The van der Waals surface area contributed by atoms with Gasteiger partial charge in [0.1, 0.15) is 11.7 Å². The second-order valence-electron chi connectivity index (χ2n) is 11.0. The first kappa shape index (κ1) is 21.3. The number of ether oxygens (including phenoxy) is 1. The molecule has 0 aromatic rings. The highest BCUT2D eigenvalue weighted by molar-refractivity contribution is 5.70. The van der Waals surface area contributed by atoms with Crippen LogP contribution in [-0.2, 0) is 19.3 Å². The van der Waals surface area contributed by atoms with Crippen molar-refractivity contribution in [1.82, 2.24) is 0 Å². The first-order valence-corrected chi connectivity index (χ1v) is 11.4. The van der Waals surface area contributed by atoms with Crippen molar-refractivity contribution in [1.29, 1.82) is 0 Å². The second-order valence-corrected chi connectivity index (χ2v) is 11.0. The molecular weight excluding hydrogens is 368 g/mol. The third kappa shape index (κ3) is 3.19. The van der Waals surface area contributed by atoms with Crippen molar-refractivity contribution in [3.8, 4) is 0 Å². The fourth-order valence-electron chi connectivity index (χ4n) is 6.75. The molecule has 0 unspecified atom stereocenters. The molecule has 9 atom stereocenters. The van der Waals surface area contributed by atoms with Gasteiger partial charge in [0, 0.05) is 5.41 Å². The maximum atomic E-state index is 11.3. The number of carboxylic acids is 1. The third-order valence-electron chi connectivity index (χ3n) is 9.33. The molecule has 4 aliphatic rings. The molecule has 0 amide bonds. The van der Waals surface area contributed by atoms with Crippen molar-refractivity contribution in [3.63, 3.8) is 0 Å². The number of hydrogen-bond acceptors (Lipinski definition) is 4. The number of rotatable bonds is 3. The van der Waals surface area contributed by atoms with Gasteiger partial charge in [0.15, 0.2) is 0 Å². The lowest BCUT2D eigenvalue weighted by Gasteiger charge is -2.56. The average Bonchev–Trinajstić information content (AvgIpc) is 2.96. The minimum atomic E-state index is -0.842. The largest absolute Gasteiger partial charge is 0.481 e. The lowest BCUT2D eigenvalue weighted by Crippen LogP contribution is -2.57. The van der Waals surface area contributed by atoms with Gasteiger partial charge in [-0.15, -0.1) is 0 Å². The molecule has 2 heterocycles. The van der Waals surface area contributed by atoms with Crippen LogP contribution in [0.2, 0.25) is 0 Å². The van der Waals surface area contributed by atoms with Gasteiger partial charge in [-0.3, -0.25) is 4.79 Å². The monoisotopic (exact) mass is 406 g/mol. The van der Waals surface area contributed by atoms with Crippen LogP contribution in [0.25, 0.3) is 0 Å². The number of carbonyl (C=O) groups is 1. The molecule has 2 aliphatic carbocycles. The van der Waals surface area contributed by atoms with E-state index in [0.717, 1.165) is 12.8 Å². The predicted molar refractivity (Wildman–Crippen MR) is 110 cm³/mol. The van der Waals surface area contributed by atoms with Crippen LogP contribution in [-0.4, -0.2) is 34.5 Å². The van der Waals surface area contributed by atoms with Gasteiger partial charge in [-0.25, -0.2) is 9.78 Å². The summed E-state index contributed by atoms with van der Waals surface area (Å²) in [5.74, 6) is 0.317. The molecule has 2 saturated heterocycles. The van der Waals surface area contributed by atoms with Crippen molar-refractivity contribution >= 4 is 5.97 Å². The van der Waals surface area contributed by atoms with Gasteiger partial charge in [-0.05, 0) is 84.0 Å². The molecule has 164 valence electrons. The Morgan fingerprint density at radius 2 is 2.00 bits per heavy atom. The maximum absolute atomic E-state index is 11.3. The van der Waals surface area contributed by atoms with Crippen LogP contribution in [0.15, 0.2) is 11.6 Å². The summed E-state index contributed by atoms with van der Waals surface area (Å²) in [6.45, 7) is 13.2. The summed E-state index contributed by atoms with van der Waals surface area (Å²) in [4.78, 5) is 22.8. The lowest BCUT2D eigenvalue weighted by atomic mass is 9.50. The molecule has 0 radical (unpaired) electrons. The molecule has 0 aromatic carbocycles. The summed E-state index contributed by atoms with van der Waals surface area (Å²) in [5, 5.41) is 9.28. The standard InChI is InChI=1S/C24H38O5/c1-14-7-8-18-17(11-14)12-15(2)22(4)13-20(27-24(18,22)6)23(5)10-9-19(28-29-23)16(3)21(25)26/h11,15-20H,7-10,12-13H2,1-6H3,(H,25,26)/t15-,16+,17-,18+,19+,20+,22+,23+,24-/m0/s1. The van der Waals surface area contributed by atoms with Crippen LogP contribution < -0.4 is 0 Å². The van der Waals surface area contributed by atoms with Crippen LogP contribution in [0, 0.1) is 29.1 Å². The molecule has 4 rings (SSSR count). The van der Waals surface area contributed by atoms with Crippen molar-refractivity contribution in [2.24, 2.45) is 29.1 Å². The topological polar surface area (TPSA) is 65.0 Å². The summed E-state index contributed by atoms with van der Waals surface area (Å²) in [7, 11) is 0. The van der Waals surface area contributed by atoms with Crippen LogP contribution in [0.5, 0.6) is 0 Å². The van der Waals surface area contributed by atoms with Crippen molar-refractivity contribution < 1.29 is 24.4 Å². The van der Waals surface area contributed by atoms with Crippen LogP contribution in [0.4, 0.5) is 0 Å². The van der Waals surface area contributed by atoms with Gasteiger partial charge >= 0.3 is 5.97 Å². The van der Waals surface area contributed by atoms with Gasteiger partial charge in [0.05, 0.1) is 17.6 Å². The zero-order chi connectivity index (χ0) is 21.2. The van der Waals surface area contributed by atoms with Crippen molar-refractivity contribution in [2.45, 2.75) is 103 Å². The third-order valence-corrected chi connectivity index (χ3v) is 9.33. The second kappa shape index (κ2) is 7.06. The normalized spacial score (nSPS) is 51.0. The highest BCUT2D eigenvalue weighted by atomic mass is 17.2. The Kier molecular flexibility index (Phi) is 5.20. The SMILES string of the molecule is CC1=C[C@H]2C[C@H](C)[C@@]3(C)C[C@H]([C@@]4(C)CC[C@H]([C@@H](C)C(=O)O)OO4)O[C@@]3(C)[C@@H]2CC1. The average molecular weight is 407 g/mol. The molecule has 1 N–H and O–H groups in total. The van der Waals surface area contributed by atoms with Gasteiger partial charge in [0.25, 0.3) is 0 Å². The quantitative estimate of drug-likeness (QED) is 0.519. The summed E-state index contributed by atoms with van der Waals surface area (Å²) in [6.07, 6.45) is 8.08. The van der Waals surface area contributed by atoms with E-state index in [1.54, 1.807) is 6.92 Å². The first-order valence-electron chi connectivity index (χ1n) is 11.4. The van der Waals surface area contributed by atoms with E-state index >= 15 is 0 Å². The Morgan fingerprint density at radius 1 is 1.28 bits per heavy atom. The summed E-state index contributed by atoms with van der Waals surface area (Å²) in [5.41, 5.74) is 0.924. The van der Waals surface area contributed by atoms with Gasteiger partial charge in [-0.2, -0.15) is 0 Å². The molecule has 2 aliphatic heterocycles. The van der Waals surface area contributed by atoms with E-state index in [9.17, 15) is 9.90 Å². The zero-order valence-corrected chi connectivity index (χ0v) is 18.9. The Labute approximate surface area is 175 Å². The van der Waals surface area contributed by atoms with E-state index in [1.807, 2.05) is 0 Å². The molecule has 0 aromatic heterocycles. The first-order chi connectivity index (χ1) is 13.5. The minimum Gasteiger partial charge on any atom is -0.481 e. The Bertz CT molecular complexity index is 693. The molecule has 29 heavy (non-hydrogen) atoms. The fraction of sp³-hybridized carbons (Fsp3) is 0.875. The summed E-state index contributed by atoms with van der Waals surface area (Å²) < 4.78 is 6.97. The Hall–Kier alpha value is -0.910. The molecule has 0 spiro atoms. The molecule has 0 bridgehead atoms. The number of aliphatic carboxylic acids is 1. The van der Waals surface area contributed by atoms with E-state index in [4.69, 9.17) is 14.5 Å². The zero-order valence-electron chi connectivity index (χ0n) is 18.9. The molecule has 5 heteroatoms. The highest BCUT2D eigenvalue weighted by Crippen LogP contribution is 2.65. The Morgan fingerprint density at radius 3 is 2.62 bits per heavy atom. The molecule has 5 nitrogen and oxygen atoms in total. The molecule has 1 saturated carbocycles. The maximum Gasteiger partial charge on any atom is 0.308 e. The number of fused-ring (bicyclic) bond motifs is 3. The van der Waals surface area contributed by atoms with Gasteiger partial charge in [-0.1, -0.05) is 25.5 Å². The smallest absolute Gasteiger partial charge is 0.308 e. The van der Waals surface area contributed by atoms with E-state index in [2.05, 4.69) is 40.7 Å². The minimum absolute atomic E-state index is 0.0354. The summed E-state index contributed by atoms with van der Waals surface area (Å²) >= 11 is 0. The lowest BCUT2D eigenvalue weighted by molar-refractivity contribution is -0.426. The van der Waals surface area contributed by atoms with Gasteiger partial charge in [0.2, 0.25) is 0 Å². The summed E-state index contributed by atoms with van der Waals surface area (Å²) in [6, 6.07) is 0. The molecule has 3 fully saturated rings. The van der Waals surface area contributed by atoms with Crippen molar-refractivity contribution in [2.75, 3.05) is 0 Å². The highest BCUT2D eigenvalue weighted by Gasteiger charge is 2.66.